The highest BCUT2D eigenvalue weighted by atomic mass is 19.2. The topological polar surface area (TPSA) is 47.4 Å². The van der Waals surface area contributed by atoms with Crippen LogP contribution < -0.4 is 15.3 Å². The molecule has 3 rings (SSSR count). The number of rotatable bonds is 3. The summed E-state index contributed by atoms with van der Waals surface area (Å²) in [4.78, 5) is 17.6. The molecule has 8 heteroatoms. The summed E-state index contributed by atoms with van der Waals surface area (Å²) < 4.78 is 46.4. The summed E-state index contributed by atoms with van der Waals surface area (Å²) in [5.74, 6) is -2.69. The molecule has 0 saturated carbocycles. The van der Waals surface area contributed by atoms with Crippen molar-refractivity contribution in [1.82, 2.24) is 9.55 Å². The third-order valence-electron chi connectivity index (χ3n) is 3.70. The van der Waals surface area contributed by atoms with Gasteiger partial charge in [-0.25, -0.2) is 18.0 Å². The van der Waals surface area contributed by atoms with Crippen molar-refractivity contribution < 1.29 is 17.9 Å². The summed E-state index contributed by atoms with van der Waals surface area (Å²) >= 11 is 0. The average molecular weight is 325 g/mol. The van der Waals surface area contributed by atoms with E-state index in [0.717, 1.165) is 19.0 Å². The van der Waals surface area contributed by atoms with Crippen LogP contribution in [0.5, 0.6) is 5.88 Å². The molecule has 0 N–H and O–H groups in total. The molecule has 1 aromatic heterocycles. The molecule has 0 saturated heterocycles. The third kappa shape index (κ3) is 3.01. The van der Waals surface area contributed by atoms with E-state index in [-0.39, 0.29) is 18.1 Å². The molecule has 0 radical (unpaired) electrons. The Bertz CT molecular complexity index is 807. The molecule has 0 spiro atoms. The van der Waals surface area contributed by atoms with Crippen LogP contribution in [0.2, 0.25) is 0 Å². The maximum Gasteiger partial charge on any atom is 0.352 e. The zero-order valence-electron chi connectivity index (χ0n) is 12.4. The quantitative estimate of drug-likeness (QED) is 0.811. The Morgan fingerprint density at radius 1 is 1.13 bits per heavy atom. The lowest BCUT2D eigenvalue weighted by Gasteiger charge is -2.28. The summed E-state index contributed by atoms with van der Waals surface area (Å²) in [5, 5.41) is 0. The van der Waals surface area contributed by atoms with Gasteiger partial charge in [0.25, 0.3) is 0 Å². The molecule has 0 fully saturated rings. The lowest BCUT2D eigenvalue weighted by atomic mass is 10.2. The first-order chi connectivity index (χ1) is 11.0. The number of aromatic nitrogens is 2. The van der Waals surface area contributed by atoms with Gasteiger partial charge in [-0.05, 0) is 12.5 Å². The normalized spacial score (nSPS) is 13.8. The van der Waals surface area contributed by atoms with Gasteiger partial charge in [-0.15, -0.1) is 0 Å². The Kier molecular flexibility index (Phi) is 3.97. The Morgan fingerprint density at radius 2 is 1.87 bits per heavy atom. The monoisotopic (exact) mass is 325 g/mol. The molecule has 2 aromatic rings. The molecule has 0 atom stereocenters. The molecule has 0 unspecified atom stereocenters. The molecule has 0 aliphatic carbocycles. The highest BCUT2D eigenvalue weighted by molar-refractivity contribution is 5.42. The van der Waals surface area contributed by atoms with Gasteiger partial charge in [0, 0.05) is 37.8 Å². The van der Waals surface area contributed by atoms with Crippen molar-refractivity contribution in [3.8, 4) is 5.88 Å². The second-order valence-corrected chi connectivity index (χ2v) is 5.31. The number of anilines is 1. The maximum absolute atomic E-state index is 13.6. The SMILES string of the molecule is CN1CCCn2c1cc(OCc1cc(F)c(F)cc1F)nc2=O. The number of halogens is 3. The minimum Gasteiger partial charge on any atom is -0.472 e. The molecular weight excluding hydrogens is 311 g/mol. The predicted octanol–water partition coefficient (Wildman–Crippen LogP) is 2.08. The highest BCUT2D eigenvalue weighted by Crippen LogP contribution is 2.21. The first-order valence-electron chi connectivity index (χ1n) is 7.05. The second kappa shape index (κ2) is 5.94. The van der Waals surface area contributed by atoms with Gasteiger partial charge in [-0.2, -0.15) is 4.98 Å². The smallest absolute Gasteiger partial charge is 0.352 e. The predicted molar refractivity (Wildman–Crippen MR) is 77.0 cm³/mol. The van der Waals surface area contributed by atoms with Crippen LogP contribution >= 0.6 is 0 Å². The first-order valence-corrected chi connectivity index (χ1v) is 7.05. The third-order valence-corrected chi connectivity index (χ3v) is 3.70. The summed E-state index contributed by atoms with van der Waals surface area (Å²) in [6, 6.07) is 2.75. The minimum atomic E-state index is -1.27. The van der Waals surface area contributed by atoms with Crippen LogP contribution in [-0.2, 0) is 13.2 Å². The highest BCUT2D eigenvalue weighted by Gasteiger charge is 2.17. The number of benzene rings is 1. The summed E-state index contributed by atoms with van der Waals surface area (Å²) in [5.41, 5.74) is -0.619. The van der Waals surface area contributed by atoms with Crippen molar-refractivity contribution in [2.45, 2.75) is 19.6 Å². The largest absolute Gasteiger partial charge is 0.472 e. The molecule has 0 bridgehead atoms. The lowest BCUT2D eigenvalue weighted by Crippen LogP contribution is -2.36. The molecule has 2 heterocycles. The Morgan fingerprint density at radius 3 is 2.65 bits per heavy atom. The summed E-state index contributed by atoms with van der Waals surface area (Å²) in [7, 11) is 1.84. The molecule has 1 aliphatic rings. The van der Waals surface area contributed by atoms with Crippen LogP contribution in [0.1, 0.15) is 12.0 Å². The van der Waals surface area contributed by atoms with Gasteiger partial charge in [0.2, 0.25) is 5.88 Å². The number of hydrogen-bond acceptors (Lipinski definition) is 4. The number of hydrogen-bond donors (Lipinski definition) is 0. The first kappa shape index (κ1) is 15.4. The van der Waals surface area contributed by atoms with Gasteiger partial charge in [0.05, 0.1) is 0 Å². The zero-order valence-corrected chi connectivity index (χ0v) is 12.4. The van der Waals surface area contributed by atoms with Crippen molar-refractivity contribution in [3.05, 3.63) is 51.7 Å². The van der Waals surface area contributed by atoms with Crippen LogP contribution in [0, 0.1) is 17.5 Å². The summed E-state index contributed by atoms with van der Waals surface area (Å²) in [6.07, 6.45) is 0.839. The van der Waals surface area contributed by atoms with Gasteiger partial charge in [-0.1, -0.05) is 0 Å². The molecule has 0 amide bonds. The molecular formula is C15H14F3N3O2. The summed E-state index contributed by atoms with van der Waals surface area (Å²) in [6.45, 7) is 1.01. The van der Waals surface area contributed by atoms with Gasteiger partial charge in [0.1, 0.15) is 18.2 Å². The van der Waals surface area contributed by atoms with Crippen LogP contribution in [-0.4, -0.2) is 23.1 Å². The van der Waals surface area contributed by atoms with E-state index < -0.39 is 23.1 Å². The second-order valence-electron chi connectivity index (χ2n) is 5.31. The van der Waals surface area contributed by atoms with Crippen LogP contribution in [0.25, 0.3) is 0 Å². The molecule has 5 nitrogen and oxygen atoms in total. The zero-order chi connectivity index (χ0) is 16.6. The maximum atomic E-state index is 13.6. The van der Waals surface area contributed by atoms with Crippen LogP contribution in [0.3, 0.4) is 0 Å². The van der Waals surface area contributed by atoms with E-state index in [2.05, 4.69) is 4.98 Å². The van der Waals surface area contributed by atoms with Gasteiger partial charge in [-0.3, -0.25) is 4.57 Å². The van der Waals surface area contributed by atoms with E-state index >= 15 is 0 Å². The van der Waals surface area contributed by atoms with Crippen molar-refractivity contribution >= 4 is 5.82 Å². The number of ether oxygens (including phenoxy) is 1. The van der Waals surface area contributed by atoms with E-state index in [1.165, 1.54) is 4.57 Å². The fraction of sp³-hybridized carbons (Fsp3) is 0.333. The van der Waals surface area contributed by atoms with E-state index in [9.17, 15) is 18.0 Å². The number of fused-ring (bicyclic) bond motifs is 1. The molecule has 23 heavy (non-hydrogen) atoms. The fourth-order valence-electron chi connectivity index (χ4n) is 2.48. The Labute approximate surface area is 129 Å². The van der Waals surface area contributed by atoms with Gasteiger partial charge >= 0.3 is 5.69 Å². The van der Waals surface area contributed by atoms with Gasteiger partial charge < -0.3 is 9.64 Å². The standard InChI is InChI=1S/C15H14F3N3O2/c1-20-3-2-4-21-14(20)7-13(19-15(21)22)23-8-9-5-11(17)12(18)6-10(9)16/h5-7H,2-4,8H2,1H3. The van der Waals surface area contributed by atoms with E-state index in [1.807, 2.05) is 11.9 Å². The van der Waals surface area contributed by atoms with Crippen molar-refractivity contribution in [2.75, 3.05) is 18.5 Å². The molecule has 1 aliphatic heterocycles. The van der Waals surface area contributed by atoms with E-state index in [4.69, 9.17) is 4.74 Å². The van der Waals surface area contributed by atoms with Crippen molar-refractivity contribution in [3.63, 3.8) is 0 Å². The van der Waals surface area contributed by atoms with Gasteiger partial charge in [0.15, 0.2) is 11.6 Å². The van der Waals surface area contributed by atoms with Crippen LogP contribution in [0.15, 0.2) is 23.0 Å². The molecule has 122 valence electrons. The fourth-order valence-corrected chi connectivity index (χ4v) is 2.48. The number of nitrogens with zero attached hydrogens (tertiary/aromatic N) is 3. The van der Waals surface area contributed by atoms with E-state index in [0.29, 0.717) is 18.4 Å². The average Bonchev–Trinajstić information content (AvgIpc) is 2.51. The Balaban J connectivity index is 1.84. The van der Waals surface area contributed by atoms with E-state index in [1.54, 1.807) is 6.07 Å². The molecule has 1 aromatic carbocycles. The Hall–Kier alpha value is -2.51. The van der Waals surface area contributed by atoms with Crippen molar-refractivity contribution in [1.29, 1.82) is 0 Å². The lowest BCUT2D eigenvalue weighted by molar-refractivity contribution is 0.283. The van der Waals surface area contributed by atoms with Crippen LogP contribution in [0.4, 0.5) is 19.0 Å². The van der Waals surface area contributed by atoms with Crippen molar-refractivity contribution in [2.24, 2.45) is 0 Å². The minimum absolute atomic E-state index is 0.0131.